The summed E-state index contributed by atoms with van der Waals surface area (Å²) in [5, 5.41) is 0. The fraction of sp³-hybridized carbons (Fsp3) is 1.00. The molecule has 0 amide bonds. The molecule has 0 saturated heterocycles. The lowest BCUT2D eigenvalue weighted by Crippen LogP contribution is -0.981. The molecule has 0 aromatic carbocycles. The van der Waals surface area contributed by atoms with Gasteiger partial charge >= 0.3 is 0 Å². The van der Waals surface area contributed by atoms with Crippen LogP contribution in [0.15, 0.2) is 0 Å². The Morgan fingerprint density at radius 3 is 1.67 bits per heavy atom. The summed E-state index contributed by atoms with van der Waals surface area (Å²) in [6.07, 6.45) is 0. The quantitative estimate of drug-likeness (QED) is 0.532. The first-order valence-corrected chi connectivity index (χ1v) is 2.05. The zero-order chi connectivity index (χ0) is 3.41. The van der Waals surface area contributed by atoms with Gasteiger partial charge < -0.3 is 0 Å². The first-order chi connectivity index (χ1) is 1.91. The van der Waals surface area contributed by atoms with Crippen LogP contribution in [-0.4, -0.2) is 0 Å². The highest BCUT2D eigenvalue weighted by Crippen LogP contribution is 1.02. The molecule has 0 bridgehead atoms. The third kappa shape index (κ3) is 773. The fourth-order valence-electron chi connectivity index (χ4n) is 0. The van der Waals surface area contributed by atoms with Crippen molar-refractivity contribution in [3.05, 3.63) is 0 Å². The van der Waals surface area contributed by atoms with Gasteiger partial charge in [0.25, 0.3) is 0 Å². The van der Waals surface area contributed by atoms with E-state index in [1.54, 1.807) is 0 Å². The van der Waals surface area contributed by atoms with Crippen molar-refractivity contribution in [3.8, 4) is 0 Å². The van der Waals surface area contributed by atoms with Crippen LogP contribution in [0.4, 0.5) is 0 Å². The zero-order valence-electron chi connectivity index (χ0n) is 2.26. The molecule has 0 aromatic heterocycles. The molecule has 6 heavy (non-hydrogen) atoms. The summed E-state index contributed by atoms with van der Waals surface area (Å²) < 4.78 is 8.65. The van der Waals surface area contributed by atoms with Crippen LogP contribution in [0.5, 0.6) is 0 Å². The standard InChI is InChI=1S/3CH4.HNS2/c;;;1-3-2/h3*1H4;1H/i/hT. The Hall–Kier alpha value is 0.240. The highest BCUT2D eigenvalue weighted by atomic mass is 32.8. The molecule has 0 unspecified atom stereocenters. The van der Waals surface area contributed by atoms with E-state index in [1.807, 2.05) is 0 Å². The van der Waals surface area contributed by atoms with Crippen LogP contribution < -0.4 is 0 Å². The second kappa shape index (κ2) is 61.3. The summed E-state index contributed by atoms with van der Waals surface area (Å²) in [7, 11) is 0.731. The molecule has 1 nitrogen and oxygen atoms in total. The van der Waals surface area contributed by atoms with E-state index in [1.165, 1.54) is 0 Å². The molecule has 0 heterocycles. The zero-order valence-corrected chi connectivity index (χ0v) is 2.90. The highest BCUT2D eigenvalue weighted by molar-refractivity contribution is 8.11. The van der Waals surface area contributed by atoms with Gasteiger partial charge in [-0.15, -0.1) is 0 Å². The molecule has 0 fully saturated rings. The minimum atomic E-state index is 0. The molecule has 0 spiro atoms. The molecule has 0 aliphatic heterocycles. The van der Waals surface area contributed by atoms with Crippen LogP contribution in [0, 0.1) is 4.77 Å². The molecule has 0 rings (SSSR count). The molecule has 0 aliphatic rings. The van der Waals surface area contributed by atoms with E-state index in [4.69, 9.17) is 1.41 Å². The van der Waals surface area contributed by atoms with Gasteiger partial charge in [0, 0.05) is 21.3 Å². The van der Waals surface area contributed by atoms with Crippen LogP contribution in [0.3, 0.4) is 0 Å². The van der Waals surface area contributed by atoms with E-state index >= 15 is 0 Å². The maximum Gasteiger partial charge on any atom is 0.203 e. The summed E-state index contributed by atoms with van der Waals surface area (Å²) in [6.45, 7) is 0. The summed E-state index contributed by atoms with van der Waals surface area (Å²) in [4.78, 5) is 0. The van der Waals surface area contributed by atoms with Gasteiger partial charge in [-0.3, -0.25) is 0 Å². The average Bonchev–Trinajstić information content (AvgIpc) is 1.37. The van der Waals surface area contributed by atoms with Crippen molar-refractivity contribution < 1.29 is 1.41 Å². The van der Waals surface area contributed by atoms with Crippen molar-refractivity contribution in [2.45, 2.75) is 22.3 Å². The Kier molecular flexibility index (Phi) is 167. The van der Waals surface area contributed by atoms with Gasteiger partial charge in [-0.2, -0.15) is 0 Å². The molecule has 0 atom stereocenters. The predicted octanol–water partition coefficient (Wildman–Crippen LogP) is 2.20. The number of rotatable bonds is 0. The molecule has 0 aromatic rings. The molecule has 0 aliphatic carbocycles. The lowest BCUT2D eigenvalue weighted by Gasteiger charge is -1.05. The summed E-state index contributed by atoms with van der Waals surface area (Å²) in [5.74, 6) is 0. The maximum absolute atomic E-state index is 5.94. The number of nitrogens with one attached hydrogen (secondary N) is 1. The van der Waals surface area contributed by atoms with Crippen LogP contribution >= 0.6 is 0 Å². The Balaban J connectivity index is -0.0000000150. The topological polar surface area (TPSA) is 23.9 Å². The third-order valence-corrected chi connectivity index (χ3v) is 0. The molecule has 42 valence electrons. The van der Waals surface area contributed by atoms with E-state index in [0.29, 0.717) is 0 Å². The first-order valence-electron chi connectivity index (χ1n) is 0.796. The van der Waals surface area contributed by atoms with Crippen LogP contribution in [-0.2, 0) is 21.3 Å². The van der Waals surface area contributed by atoms with Crippen LogP contribution in [0.1, 0.15) is 22.3 Å². The smallest absolute Gasteiger partial charge is 0.203 e. The monoisotopic (exact) mass is 129 g/mol. The summed E-state index contributed by atoms with van der Waals surface area (Å²) >= 11 is 4.12. The largest absolute Gasteiger partial charge is 0.236 e. The SMILES string of the molecule is C.C.C.[3H]N=S=S. The van der Waals surface area contributed by atoms with E-state index in [9.17, 15) is 0 Å². The molecule has 0 saturated carbocycles. The maximum atomic E-state index is 5.94. The third-order valence-electron chi connectivity index (χ3n) is 0. The van der Waals surface area contributed by atoms with E-state index in [-0.39, 0.29) is 22.3 Å². The van der Waals surface area contributed by atoms with Crippen molar-refractivity contribution in [1.29, 1.82) is 4.77 Å². The molecular weight excluding hydrogens is 114 g/mol. The lowest BCUT2D eigenvalue weighted by molar-refractivity contribution is 1.67. The van der Waals surface area contributed by atoms with Crippen LogP contribution in [0.2, 0.25) is 1.41 Å². The van der Waals surface area contributed by atoms with Crippen molar-refractivity contribution in [2.75, 3.05) is 0 Å². The van der Waals surface area contributed by atoms with Crippen molar-refractivity contribution in [3.63, 3.8) is 0 Å². The first kappa shape index (κ1) is 16.3. The van der Waals surface area contributed by atoms with Crippen molar-refractivity contribution in [2.24, 2.45) is 0 Å². The Labute approximate surface area is 50.4 Å². The minimum absolute atomic E-state index is 0. The van der Waals surface area contributed by atoms with Gasteiger partial charge in [-0.25, -0.2) is 4.77 Å². The predicted molar refractivity (Wildman–Crippen MR) is 37.6 cm³/mol. The van der Waals surface area contributed by atoms with Gasteiger partial charge in [0.15, 0.2) is 0 Å². The van der Waals surface area contributed by atoms with Gasteiger partial charge in [-0.05, 0) is 0 Å². The molecule has 3 heteroatoms. The second-order valence-electron chi connectivity index (χ2n) is 0.0745. The van der Waals surface area contributed by atoms with Gasteiger partial charge in [0.1, 0.15) is 0 Å². The lowest BCUT2D eigenvalue weighted by atomic mass is 12.0. The van der Waals surface area contributed by atoms with Gasteiger partial charge in [0.05, 0.1) is 0 Å². The molecular formula is C3H13NS2. The van der Waals surface area contributed by atoms with Crippen molar-refractivity contribution >= 4 is 21.3 Å². The summed E-state index contributed by atoms with van der Waals surface area (Å²) in [5.41, 5.74) is 0. The van der Waals surface area contributed by atoms with E-state index in [0.717, 1.165) is 10.1 Å². The van der Waals surface area contributed by atoms with Crippen LogP contribution in [0.25, 0.3) is 0 Å². The number of hydrogen-bond acceptors (Lipinski definition) is 2. The Morgan fingerprint density at radius 2 is 1.67 bits per heavy atom. The Bertz CT molecular complexity index is 50.9. The van der Waals surface area contributed by atoms with Gasteiger partial charge in [0.2, 0.25) is 1.41 Å². The second-order valence-corrected chi connectivity index (χ2v) is 0.671. The van der Waals surface area contributed by atoms with E-state index < -0.39 is 0 Å². The minimum Gasteiger partial charge on any atom is -0.236 e. The molecule has 1 N–H and O–H groups in total. The van der Waals surface area contributed by atoms with Crippen molar-refractivity contribution in [1.82, 2.24) is 0 Å². The average molecular weight is 129 g/mol. The van der Waals surface area contributed by atoms with E-state index in [2.05, 4.69) is 16.0 Å². The number of hydrogen-bond donors (Lipinski definition) is 1. The molecule has 0 radical (unpaired) electrons. The fourth-order valence-corrected chi connectivity index (χ4v) is 0. The van der Waals surface area contributed by atoms with Gasteiger partial charge in [-0.1, -0.05) is 22.3 Å². The summed E-state index contributed by atoms with van der Waals surface area (Å²) in [6, 6.07) is 0. The Morgan fingerprint density at radius 1 is 1.50 bits per heavy atom. The normalized spacial score (nSPS) is 3.67. The highest BCUT2D eigenvalue weighted by Gasteiger charge is 0.965.